The van der Waals surface area contributed by atoms with Crippen molar-refractivity contribution in [3.05, 3.63) is 0 Å². The first-order valence-corrected chi connectivity index (χ1v) is 5.80. The van der Waals surface area contributed by atoms with Gasteiger partial charge in [-0.3, -0.25) is 9.35 Å². The van der Waals surface area contributed by atoms with Crippen molar-refractivity contribution in [1.82, 2.24) is 0 Å². The number of cyclic esters (lactones) is 1. The number of carbonyl (C=O) groups excluding carboxylic acids is 2. The highest BCUT2D eigenvalue weighted by molar-refractivity contribution is 7.87. The Morgan fingerprint density at radius 1 is 1.59 bits per heavy atom. The van der Waals surface area contributed by atoms with Gasteiger partial charge in [0, 0.05) is 6.42 Å². The summed E-state index contributed by atoms with van der Waals surface area (Å²) in [6.07, 6.45) is -0.621. The van der Waals surface area contributed by atoms with Crippen LogP contribution >= 0.6 is 0 Å². The zero-order valence-corrected chi connectivity index (χ0v) is 9.08. The molecule has 1 saturated heterocycles. The van der Waals surface area contributed by atoms with E-state index in [9.17, 15) is 26.8 Å². The van der Waals surface area contributed by atoms with Crippen LogP contribution < -0.4 is 0 Å². The molecule has 1 aliphatic rings. The summed E-state index contributed by atoms with van der Waals surface area (Å²) >= 11 is 0. The van der Waals surface area contributed by atoms with Gasteiger partial charge in [0.05, 0.1) is 0 Å². The zero-order chi connectivity index (χ0) is 13.3. The molecule has 1 aliphatic heterocycles. The summed E-state index contributed by atoms with van der Waals surface area (Å²) in [6, 6.07) is 0. The smallest absolute Gasteiger partial charge is 0.459 e. The molecule has 0 spiro atoms. The van der Waals surface area contributed by atoms with Crippen molar-refractivity contribution < 1.29 is 40.8 Å². The van der Waals surface area contributed by atoms with Crippen molar-refractivity contribution in [3.63, 3.8) is 0 Å². The lowest BCUT2D eigenvalue weighted by Gasteiger charge is -2.14. The molecule has 0 aromatic heterocycles. The highest BCUT2D eigenvalue weighted by Gasteiger charge is 2.54. The van der Waals surface area contributed by atoms with Crippen LogP contribution in [0, 0.1) is 0 Å². The number of ether oxygens (including phenoxy) is 2. The summed E-state index contributed by atoms with van der Waals surface area (Å²) in [5, 5.41) is -5.03. The van der Waals surface area contributed by atoms with Crippen molar-refractivity contribution in [1.29, 1.82) is 0 Å². The summed E-state index contributed by atoms with van der Waals surface area (Å²) in [7, 11) is -5.87. The van der Waals surface area contributed by atoms with E-state index in [1.165, 1.54) is 0 Å². The lowest BCUT2D eigenvalue weighted by atomic mass is 10.2. The molecule has 1 rings (SSSR count). The molecule has 0 saturated carbocycles. The Morgan fingerprint density at radius 3 is 2.59 bits per heavy atom. The molecule has 0 aliphatic carbocycles. The van der Waals surface area contributed by atoms with Gasteiger partial charge >= 0.3 is 27.3 Å². The van der Waals surface area contributed by atoms with Gasteiger partial charge in [0.25, 0.3) is 0 Å². The van der Waals surface area contributed by atoms with E-state index in [2.05, 4.69) is 9.47 Å². The SMILES string of the molecule is O=C1CCC(COC(=O)C(F)(F)S(=O)(=O)O)O1. The predicted molar refractivity (Wildman–Crippen MR) is 46.6 cm³/mol. The molecule has 0 amide bonds. The number of hydrogen-bond donors (Lipinski definition) is 1. The summed E-state index contributed by atoms with van der Waals surface area (Å²) in [5.74, 6) is -2.98. The third-order valence-electron chi connectivity index (χ3n) is 1.93. The number of halogens is 2. The summed E-state index contributed by atoms with van der Waals surface area (Å²) < 4.78 is 62.2. The Bertz CT molecular complexity index is 430. The molecule has 17 heavy (non-hydrogen) atoms. The second-order valence-electron chi connectivity index (χ2n) is 3.24. The quantitative estimate of drug-likeness (QED) is 0.554. The van der Waals surface area contributed by atoms with E-state index in [1.807, 2.05) is 0 Å². The molecule has 1 N–H and O–H groups in total. The number of carbonyl (C=O) groups is 2. The zero-order valence-electron chi connectivity index (χ0n) is 8.26. The second-order valence-corrected chi connectivity index (χ2v) is 4.70. The Hall–Kier alpha value is -1.29. The molecular formula is C7H8F2O7S. The molecule has 10 heteroatoms. The van der Waals surface area contributed by atoms with E-state index in [0.29, 0.717) is 0 Å². The van der Waals surface area contributed by atoms with Crippen LogP contribution in [0.15, 0.2) is 0 Å². The average Bonchev–Trinajstić information content (AvgIpc) is 2.58. The van der Waals surface area contributed by atoms with Crippen LogP contribution in [-0.2, 0) is 29.2 Å². The summed E-state index contributed by atoms with van der Waals surface area (Å²) in [5.41, 5.74) is 0. The first-order chi connectivity index (χ1) is 7.64. The van der Waals surface area contributed by atoms with Crippen molar-refractivity contribution >= 4 is 22.1 Å². The topological polar surface area (TPSA) is 107 Å². The lowest BCUT2D eigenvalue weighted by molar-refractivity contribution is -0.166. The largest absolute Gasteiger partial charge is 0.465 e. The molecular weight excluding hydrogens is 266 g/mol. The highest BCUT2D eigenvalue weighted by atomic mass is 32.2. The molecule has 1 atom stereocenters. The van der Waals surface area contributed by atoms with Crippen LogP contribution in [0.4, 0.5) is 8.78 Å². The molecule has 7 nitrogen and oxygen atoms in total. The van der Waals surface area contributed by atoms with Gasteiger partial charge in [0.15, 0.2) is 0 Å². The van der Waals surface area contributed by atoms with Crippen LogP contribution in [0.3, 0.4) is 0 Å². The van der Waals surface area contributed by atoms with Gasteiger partial charge in [-0.1, -0.05) is 0 Å². The van der Waals surface area contributed by atoms with Gasteiger partial charge in [0.2, 0.25) is 0 Å². The molecule has 0 aromatic rings. The van der Waals surface area contributed by atoms with Crippen molar-refractivity contribution in [3.8, 4) is 0 Å². The third kappa shape index (κ3) is 3.09. The summed E-state index contributed by atoms with van der Waals surface area (Å²) in [4.78, 5) is 21.3. The second kappa shape index (κ2) is 4.53. The van der Waals surface area contributed by atoms with Gasteiger partial charge < -0.3 is 9.47 Å². The molecule has 1 fully saturated rings. The number of hydrogen-bond acceptors (Lipinski definition) is 6. The van der Waals surface area contributed by atoms with Gasteiger partial charge in [-0.2, -0.15) is 17.2 Å². The van der Waals surface area contributed by atoms with Crippen LogP contribution in [0.1, 0.15) is 12.8 Å². The highest BCUT2D eigenvalue weighted by Crippen LogP contribution is 2.23. The van der Waals surface area contributed by atoms with E-state index in [1.54, 1.807) is 0 Å². The average molecular weight is 274 g/mol. The van der Waals surface area contributed by atoms with Gasteiger partial charge in [0.1, 0.15) is 12.7 Å². The summed E-state index contributed by atoms with van der Waals surface area (Å²) in [6.45, 7) is -0.685. The number of alkyl halides is 2. The minimum absolute atomic E-state index is 0.0664. The monoisotopic (exact) mass is 274 g/mol. The Kier molecular flexibility index (Phi) is 3.67. The standard InChI is InChI=1S/C7H8F2O7S/c8-7(9,17(12,13)14)6(11)15-3-4-1-2-5(10)16-4/h4H,1-3H2,(H,12,13,14). The maximum atomic E-state index is 12.7. The Morgan fingerprint density at radius 2 is 2.18 bits per heavy atom. The van der Waals surface area contributed by atoms with Crippen LogP contribution in [0.2, 0.25) is 0 Å². The van der Waals surface area contributed by atoms with E-state index < -0.39 is 40.0 Å². The van der Waals surface area contributed by atoms with Crippen molar-refractivity contribution in [2.45, 2.75) is 24.2 Å². The maximum absolute atomic E-state index is 12.7. The van der Waals surface area contributed by atoms with Gasteiger partial charge in [-0.15, -0.1) is 0 Å². The Labute approximate surface area is 94.4 Å². The fraction of sp³-hybridized carbons (Fsp3) is 0.714. The minimum atomic E-state index is -5.87. The van der Waals surface area contributed by atoms with Crippen molar-refractivity contribution in [2.24, 2.45) is 0 Å². The van der Waals surface area contributed by atoms with E-state index in [4.69, 9.17) is 4.55 Å². The van der Waals surface area contributed by atoms with Crippen LogP contribution in [0.25, 0.3) is 0 Å². The fourth-order valence-corrected chi connectivity index (χ4v) is 1.33. The fourth-order valence-electron chi connectivity index (χ4n) is 1.06. The van der Waals surface area contributed by atoms with Crippen LogP contribution in [0.5, 0.6) is 0 Å². The molecule has 98 valence electrons. The number of esters is 2. The molecule has 0 bridgehead atoms. The maximum Gasteiger partial charge on any atom is 0.465 e. The van der Waals surface area contributed by atoms with E-state index in [-0.39, 0.29) is 12.8 Å². The predicted octanol–water partition coefficient (Wildman–Crippen LogP) is -0.284. The van der Waals surface area contributed by atoms with E-state index >= 15 is 0 Å². The van der Waals surface area contributed by atoms with Crippen molar-refractivity contribution in [2.75, 3.05) is 6.61 Å². The lowest BCUT2D eigenvalue weighted by Crippen LogP contribution is -2.40. The molecule has 0 radical (unpaired) electrons. The molecule has 1 heterocycles. The molecule has 1 unspecified atom stereocenters. The van der Waals surface area contributed by atoms with Gasteiger partial charge in [-0.25, -0.2) is 4.79 Å². The molecule has 0 aromatic carbocycles. The number of rotatable bonds is 4. The minimum Gasteiger partial charge on any atom is -0.459 e. The van der Waals surface area contributed by atoms with Crippen LogP contribution in [-0.4, -0.2) is 42.9 Å². The first-order valence-electron chi connectivity index (χ1n) is 4.36. The van der Waals surface area contributed by atoms with Gasteiger partial charge in [-0.05, 0) is 6.42 Å². The normalized spacial score (nSPS) is 21.1. The third-order valence-corrected chi connectivity index (χ3v) is 2.75. The first kappa shape index (κ1) is 13.8. The Balaban J connectivity index is 2.53. The van der Waals surface area contributed by atoms with E-state index in [0.717, 1.165) is 0 Å².